The van der Waals surface area contributed by atoms with E-state index >= 15 is 0 Å². The van der Waals surface area contributed by atoms with E-state index in [2.05, 4.69) is 27.3 Å². The molecular formula is C14H19N5O2. The van der Waals surface area contributed by atoms with E-state index in [4.69, 9.17) is 4.52 Å². The van der Waals surface area contributed by atoms with Gasteiger partial charge in [-0.2, -0.15) is 4.98 Å². The number of hydrogen-bond acceptors (Lipinski definition) is 6. The highest BCUT2D eigenvalue weighted by Gasteiger charge is 2.22. The molecule has 0 spiro atoms. The smallest absolute Gasteiger partial charge is 0.258 e. The summed E-state index contributed by atoms with van der Waals surface area (Å²) in [6.45, 7) is 5.96. The summed E-state index contributed by atoms with van der Waals surface area (Å²) < 4.78 is 6.81. The summed E-state index contributed by atoms with van der Waals surface area (Å²) in [6.07, 6.45) is 1.70. The highest BCUT2D eigenvalue weighted by Crippen LogP contribution is 2.21. The van der Waals surface area contributed by atoms with Crippen molar-refractivity contribution < 1.29 is 4.52 Å². The van der Waals surface area contributed by atoms with Gasteiger partial charge >= 0.3 is 0 Å². The van der Waals surface area contributed by atoms with Gasteiger partial charge in [0.2, 0.25) is 0 Å². The lowest BCUT2D eigenvalue weighted by Gasteiger charge is -2.30. The van der Waals surface area contributed by atoms with Crippen LogP contribution in [0.15, 0.2) is 27.6 Å². The van der Waals surface area contributed by atoms with Gasteiger partial charge in [-0.15, -0.1) is 0 Å². The Morgan fingerprint density at radius 1 is 1.38 bits per heavy atom. The second kappa shape index (κ2) is 5.79. The van der Waals surface area contributed by atoms with Gasteiger partial charge in [-0.3, -0.25) is 9.69 Å². The lowest BCUT2D eigenvalue weighted by molar-refractivity contribution is 0.176. The minimum atomic E-state index is -0.0950. The first-order valence-electron chi connectivity index (χ1n) is 7.10. The molecule has 112 valence electrons. The normalized spacial score (nSPS) is 17.8. The largest absolute Gasteiger partial charge is 0.334 e. The van der Waals surface area contributed by atoms with E-state index in [1.807, 2.05) is 0 Å². The fourth-order valence-corrected chi connectivity index (χ4v) is 2.44. The Bertz CT molecular complexity index is 672. The van der Waals surface area contributed by atoms with Crippen molar-refractivity contribution in [2.45, 2.75) is 13.0 Å². The third-order valence-electron chi connectivity index (χ3n) is 3.87. The fourth-order valence-electron chi connectivity index (χ4n) is 2.44. The maximum absolute atomic E-state index is 11.7. The Labute approximate surface area is 122 Å². The van der Waals surface area contributed by atoms with E-state index in [-0.39, 0.29) is 11.6 Å². The lowest BCUT2D eigenvalue weighted by Crippen LogP contribution is -2.44. The van der Waals surface area contributed by atoms with Crippen molar-refractivity contribution in [1.29, 1.82) is 0 Å². The molecule has 3 heterocycles. The van der Waals surface area contributed by atoms with Gasteiger partial charge < -0.3 is 14.4 Å². The number of piperazine rings is 1. The summed E-state index contributed by atoms with van der Waals surface area (Å²) in [5.74, 6) is 1.05. The van der Waals surface area contributed by atoms with Gasteiger partial charge in [-0.25, -0.2) is 0 Å². The number of nitrogens with zero attached hydrogens (tertiary/aromatic N) is 4. The molecule has 1 aliphatic rings. The zero-order valence-electron chi connectivity index (χ0n) is 12.2. The van der Waals surface area contributed by atoms with Crippen LogP contribution < -0.4 is 10.9 Å². The van der Waals surface area contributed by atoms with Crippen LogP contribution in [0.2, 0.25) is 0 Å². The van der Waals surface area contributed by atoms with E-state index in [0.717, 1.165) is 26.2 Å². The van der Waals surface area contributed by atoms with Gasteiger partial charge in [0.25, 0.3) is 11.4 Å². The van der Waals surface area contributed by atoms with Crippen LogP contribution in [0, 0.1) is 0 Å². The van der Waals surface area contributed by atoms with Crippen LogP contribution in [0.25, 0.3) is 11.5 Å². The molecule has 0 radical (unpaired) electrons. The molecular weight excluding hydrogens is 270 g/mol. The van der Waals surface area contributed by atoms with E-state index < -0.39 is 0 Å². The molecule has 0 aromatic carbocycles. The van der Waals surface area contributed by atoms with Gasteiger partial charge in [0, 0.05) is 51.1 Å². The highest BCUT2D eigenvalue weighted by atomic mass is 16.5. The summed E-state index contributed by atoms with van der Waals surface area (Å²) in [4.78, 5) is 18.4. The zero-order valence-corrected chi connectivity index (χ0v) is 12.2. The minimum absolute atomic E-state index is 0.0950. The van der Waals surface area contributed by atoms with Crippen molar-refractivity contribution in [3.05, 3.63) is 34.5 Å². The first-order chi connectivity index (χ1) is 10.1. The molecule has 1 unspecified atom stereocenters. The van der Waals surface area contributed by atoms with Crippen LogP contribution in [0.1, 0.15) is 18.8 Å². The molecule has 7 nitrogen and oxygen atoms in total. The SMILES string of the molecule is CC(c1noc(-c2ccn(C)c(=O)c2)n1)N1CCNCC1. The van der Waals surface area contributed by atoms with Crippen LogP contribution in [0.5, 0.6) is 0 Å². The number of aromatic nitrogens is 3. The summed E-state index contributed by atoms with van der Waals surface area (Å²) in [6, 6.07) is 3.41. The standard InChI is InChI=1S/C14H19N5O2/c1-10(19-7-4-15-5-8-19)13-16-14(21-17-13)11-3-6-18(2)12(20)9-11/h3,6,9-10,15H,4-5,7-8H2,1-2H3. The maximum atomic E-state index is 11.7. The number of aryl methyl sites for hydroxylation is 1. The molecule has 2 aromatic rings. The predicted molar refractivity (Wildman–Crippen MR) is 77.8 cm³/mol. The van der Waals surface area contributed by atoms with Gasteiger partial charge in [-0.1, -0.05) is 5.16 Å². The number of nitrogens with one attached hydrogen (secondary N) is 1. The Balaban J connectivity index is 1.82. The van der Waals surface area contributed by atoms with Crippen molar-refractivity contribution in [1.82, 2.24) is 24.9 Å². The van der Waals surface area contributed by atoms with Crippen molar-refractivity contribution in [3.8, 4) is 11.5 Å². The summed E-state index contributed by atoms with van der Waals surface area (Å²) >= 11 is 0. The molecule has 1 fully saturated rings. The van der Waals surface area contributed by atoms with E-state index in [1.165, 1.54) is 10.6 Å². The van der Waals surface area contributed by atoms with Gasteiger partial charge in [0.1, 0.15) is 0 Å². The number of rotatable bonds is 3. The molecule has 1 saturated heterocycles. The Morgan fingerprint density at radius 3 is 2.86 bits per heavy atom. The molecule has 0 amide bonds. The first-order valence-corrected chi connectivity index (χ1v) is 7.10. The second-order valence-electron chi connectivity index (χ2n) is 5.28. The number of pyridine rings is 1. The van der Waals surface area contributed by atoms with E-state index in [1.54, 1.807) is 19.3 Å². The van der Waals surface area contributed by atoms with Crippen LogP contribution in [-0.2, 0) is 7.05 Å². The van der Waals surface area contributed by atoms with Gasteiger partial charge in [0.15, 0.2) is 5.82 Å². The van der Waals surface area contributed by atoms with Crippen molar-refractivity contribution >= 4 is 0 Å². The molecule has 1 aliphatic heterocycles. The first kappa shape index (κ1) is 14.0. The molecule has 7 heteroatoms. The topological polar surface area (TPSA) is 76.2 Å². The molecule has 0 bridgehead atoms. The lowest BCUT2D eigenvalue weighted by atomic mass is 10.2. The summed E-state index contributed by atoms with van der Waals surface area (Å²) in [5.41, 5.74) is 0.562. The van der Waals surface area contributed by atoms with Crippen LogP contribution in [-0.4, -0.2) is 45.8 Å². The summed E-state index contributed by atoms with van der Waals surface area (Å²) in [5, 5.41) is 7.38. The van der Waals surface area contributed by atoms with Crippen LogP contribution >= 0.6 is 0 Å². The molecule has 2 aromatic heterocycles. The van der Waals surface area contributed by atoms with Crippen molar-refractivity contribution in [3.63, 3.8) is 0 Å². The average molecular weight is 289 g/mol. The van der Waals surface area contributed by atoms with Crippen LogP contribution in [0.4, 0.5) is 0 Å². The molecule has 1 atom stereocenters. The third-order valence-corrected chi connectivity index (χ3v) is 3.87. The maximum Gasteiger partial charge on any atom is 0.258 e. The fraction of sp³-hybridized carbons (Fsp3) is 0.500. The second-order valence-corrected chi connectivity index (χ2v) is 5.28. The zero-order chi connectivity index (χ0) is 14.8. The monoisotopic (exact) mass is 289 g/mol. The number of hydrogen-bond donors (Lipinski definition) is 1. The quantitative estimate of drug-likeness (QED) is 0.881. The molecule has 3 rings (SSSR count). The van der Waals surface area contributed by atoms with Crippen molar-refractivity contribution in [2.24, 2.45) is 7.05 Å². The average Bonchev–Trinajstić information content (AvgIpc) is 3.00. The molecule has 0 saturated carbocycles. The molecule has 1 N–H and O–H groups in total. The van der Waals surface area contributed by atoms with Gasteiger partial charge in [-0.05, 0) is 13.0 Å². The molecule has 0 aliphatic carbocycles. The Kier molecular flexibility index (Phi) is 3.85. The van der Waals surface area contributed by atoms with E-state index in [9.17, 15) is 4.79 Å². The minimum Gasteiger partial charge on any atom is -0.334 e. The predicted octanol–water partition coefficient (Wildman–Crippen LogP) is 0.402. The van der Waals surface area contributed by atoms with Gasteiger partial charge in [0.05, 0.1) is 6.04 Å². The van der Waals surface area contributed by atoms with Crippen molar-refractivity contribution in [2.75, 3.05) is 26.2 Å². The van der Waals surface area contributed by atoms with E-state index in [0.29, 0.717) is 17.3 Å². The third kappa shape index (κ3) is 2.88. The summed E-state index contributed by atoms with van der Waals surface area (Å²) in [7, 11) is 1.71. The Hall–Kier alpha value is -1.99. The van der Waals surface area contributed by atoms with Crippen LogP contribution in [0.3, 0.4) is 0 Å². The highest BCUT2D eigenvalue weighted by molar-refractivity contribution is 5.51. The Morgan fingerprint density at radius 2 is 2.14 bits per heavy atom. The molecule has 21 heavy (non-hydrogen) atoms.